The molecule has 14 heavy (non-hydrogen) atoms. The number of carbonyl (C=O) groups excluding carboxylic acids is 1. The highest BCUT2D eigenvalue weighted by Crippen LogP contribution is 2.32. The molecule has 0 saturated carbocycles. The fourth-order valence-corrected chi connectivity index (χ4v) is 2.35. The maximum atomic E-state index is 11.4. The van der Waals surface area contributed by atoms with Crippen LogP contribution in [0.1, 0.15) is 5.69 Å². The van der Waals surface area contributed by atoms with E-state index < -0.39 is 0 Å². The van der Waals surface area contributed by atoms with E-state index in [2.05, 4.69) is 4.98 Å². The first-order valence-electron chi connectivity index (χ1n) is 4.17. The molecule has 1 aromatic rings. The topological polar surface area (TPSA) is 33.2 Å². The van der Waals surface area contributed by atoms with Gasteiger partial charge in [-0.05, 0) is 12.1 Å². The Balaban J connectivity index is 2.46. The van der Waals surface area contributed by atoms with Crippen molar-refractivity contribution >= 4 is 35.1 Å². The molecule has 0 fully saturated rings. The Morgan fingerprint density at radius 2 is 2.43 bits per heavy atom. The minimum Gasteiger partial charge on any atom is -0.298 e. The van der Waals surface area contributed by atoms with E-state index in [1.807, 2.05) is 12.1 Å². The Morgan fingerprint density at radius 1 is 1.64 bits per heavy atom. The second-order valence-corrected chi connectivity index (χ2v) is 4.28. The fraction of sp³-hybridized carbons (Fsp3) is 0.333. The van der Waals surface area contributed by atoms with Crippen LogP contribution in [0.25, 0.3) is 0 Å². The van der Waals surface area contributed by atoms with E-state index >= 15 is 0 Å². The summed E-state index contributed by atoms with van der Waals surface area (Å²) < 4.78 is 0. The Morgan fingerprint density at radius 3 is 3.14 bits per heavy atom. The number of fused-ring (bicyclic) bond motifs is 1. The van der Waals surface area contributed by atoms with Crippen molar-refractivity contribution in [1.82, 2.24) is 4.98 Å². The minimum absolute atomic E-state index is 0.0849. The van der Waals surface area contributed by atoms with Crippen LogP contribution in [0.15, 0.2) is 17.0 Å². The van der Waals surface area contributed by atoms with Gasteiger partial charge in [0.25, 0.3) is 0 Å². The molecule has 1 aliphatic heterocycles. The van der Waals surface area contributed by atoms with Crippen molar-refractivity contribution in [3.05, 3.63) is 17.8 Å². The molecule has 5 heteroatoms. The molecular formula is C9H9ClN2OS. The van der Waals surface area contributed by atoms with Gasteiger partial charge in [-0.2, -0.15) is 0 Å². The first-order valence-corrected chi connectivity index (χ1v) is 5.69. The van der Waals surface area contributed by atoms with Gasteiger partial charge in [-0.1, -0.05) is 0 Å². The number of alkyl halides is 1. The molecule has 0 N–H and O–H groups in total. The number of carbonyl (C=O) groups is 1. The zero-order chi connectivity index (χ0) is 10.1. The lowest BCUT2D eigenvalue weighted by Crippen LogP contribution is -2.32. The average molecular weight is 229 g/mol. The van der Waals surface area contributed by atoms with Gasteiger partial charge in [0.15, 0.2) is 0 Å². The molecule has 0 radical (unpaired) electrons. The van der Waals surface area contributed by atoms with Crippen LogP contribution in [0.5, 0.6) is 0 Å². The highest BCUT2D eigenvalue weighted by atomic mass is 35.5. The molecule has 0 unspecified atom stereocenters. The lowest BCUT2D eigenvalue weighted by atomic mass is 10.3. The molecule has 0 atom stereocenters. The maximum Gasteiger partial charge on any atom is 0.238 e. The summed E-state index contributed by atoms with van der Waals surface area (Å²) in [7, 11) is 1.74. The van der Waals surface area contributed by atoms with Gasteiger partial charge in [-0.25, -0.2) is 4.98 Å². The van der Waals surface area contributed by atoms with Crippen LogP contribution in [0.4, 0.5) is 5.82 Å². The molecule has 0 bridgehead atoms. The Labute approximate surface area is 91.5 Å². The summed E-state index contributed by atoms with van der Waals surface area (Å²) in [5, 5.41) is 0. The second kappa shape index (κ2) is 3.79. The van der Waals surface area contributed by atoms with E-state index in [-0.39, 0.29) is 5.91 Å². The number of thioether (sulfide) groups is 1. The minimum atomic E-state index is 0.0849. The van der Waals surface area contributed by atoms with Crippen molar-refractivity contribution in [1.29, 1.82) is 0 Å². The zero-order valence-corrected chi connectivity index (χ0v) is 9.23. The van der Waals surface area contributed by atoms with Gasteiger partial charge in [-0.15, -0.1) is 23.4 Å². The van der Waals surface area contributed by atoms with Gasteiger partial charge >= 0.3 is 0 Å². The molecule has 0 aromatic carbocycles. The highest BCUT2D eigenvalue weighted by molar-refractivity contribution is 8.00. The number of pyridine rings is 1. The molecule has 0 spiro atoms. The number of anilines is 1. The summed E-state index contributed by atoms with van der Waals surface area (Å²) >= 11 is 7.20. The first-order chi connectivity index (χ1) is 6.72. The standard InChI is InChI=1S/C9H9ClN2OS/c1-12-8(13)5-14-7-3-2-6(4-10)11-9(7)12/h2-3H,4-5H2,1H3. The molecule has 0 saturated heterocycles. The van der Waals surface area contributed by atoms with Crippen LogP contribution in [0.2, 0.25) is 0 Å². The van der Waals surface area contributed by atoms with Crippen molar-refractivity contribution in [2.75, 3.05) is 17.7 Å². The Kier molecular flexibility index (Phi) is 2.65. The van der Waals surface area contributed by atoms with Gasteiger partial charge in [0, 0.05) is 7.05 Å². The third kappa shape index (κ3) is 1.60. The lowest BCUT2D eigenvalue weighted by molar-refractivity contribution is -0.116. The number of hydrogen-bond donors (Lipinski definition) is 0. The molecular weight excluding hydrogens is 220 g/mol. The quantitative estimate of drug-likeness (QED) is 0.689. The van der Waals surface area contributed by atoms with E-state index in [4.69, 9.17) is 11.6 Å². The van der Waals surface area contributed by atoms with Crippen molar-refractivity contribution in [3.8, 4) is 0 Å². The van der Waals surface area contributed by atoms with E-state index in [0.29, 0.717) is 11.6 Å². The summed E-state index contributed by atoms with van der Waals surface area (Å²) in [5.74, 6) is 1.68. The summed E-state index contributed by atoms with van der Waals surface area (Å²) in [5.41, 5.74) is 0.799. The summed E-state index contributed by atoms with van der Waals surface area (Å²) in [6.07, 6.45) is 0. The second-order valence-electron chi connectivity index (χ2n) is 3.00. The van der Waals surface area contributed by atoms with Crippen LogP contribution in [-0.2, 0) is 10.7 Å². The van der Waals surface area contributed by atoms with E-state index in [0.717, 1.165) is 16.4 Å². The monoisotopic (exact) mass is 228 g/mol. The number of aromatic nitrogens is 1. The number of halogens is 1. The fourth-order valence-electron chi connectivity index (χ4n) is 1.26. The van der Waals surface area contributed by atoms with E-state index in [9.17, 15) is 4.79 Å². The summed E-state index contributed by atoms with van der Waals surface area (Å²) in [6.45, 7) is 0. The molecule has 0 aliphatic carbocycles. The zero-order valence-electron chi connectivity index (χ0n) is 7.66. The highest BCUT2D eigenvalue weighted by Gasteiger charge is 2.22. The van der Waals surface area contributed by atoms with Crippen LogP contribution in [0, 0.1) is 0 Å². The summed E-state index contributed by atoms with van der Waals surface area (Å²) in [6, 6.07) is 3.86. The van der Waals surface area contributed by atoms with Crippen molar-refractivity contribution in [2.45, 2.75) is 10.8 Å². The molecule has 1 aliphatic rings. The Bertz CT molecular complexity index is 383. The number of amides is 1. The van der Waals surface area contributed by atoms with Crippen molar-refractivity contribution in [2.24, 2.45) is 0 Å². The molecule has 74 valence electrons. The van der Waals surface area contributed by atoms with Gasteiger partial charge in [0.05, 0.1) is 22.2 Å². The first kappa shape index (κ1) is 9.80. The Hall–Kier alpha value is -0.740. The molecule has 1 amide bonds. The van der Waals surface area contributed by atoms with Gasteiger partial charge in [-0.3, -0.25) is 9.69 Å². The smallest absolute Gasteiger partial charge is 0.238 e. The number of nitrogens with zero attached hydrogens (tertiary/aromatic N) is 2. The van der Waals surface area contributed by atoms with Crippen molar-refractivity contribution < 1.29 is 4.79 Å². The van der Waals surface area contributed by atoms with Crippen LogP contribution < -0.4 is 4.90 Å². The normalized spacial score (nSPS) is 15.6. The summed E-state index contributed by atoms with van der Waals surface area (Å²) in [4.78, 5) is 18.3. The molecule has 2 heterocycles. The predicted molar refractivity (Wildman–Crippen MR) is 57.9 cm³/mol. The maximum absolute atomic E-state index is 11.4. The molecule has 2 rings (SSSR count). The lowest BCUT2D eigenvalue weighted by Gasteiger charge is -2.24. The largest absolute Gasteiger partial charge is 0.298 e. The predicted octanol–water partition coefficient (Wildman–Crippen LogP) is 1.89. The number of rotatable bonds is 1. The third-order valence-corrected chi connectivity index (χ3v) is 3.37. The van der Waals surface area contributed by atoms with Gasteiger partial charge < -0.3 is 0 Å². The molecule has 3 nitrogen and oxygen atoms in total. The third-order valence-electron chi connectivity index (χ3n) is 2.08. The van der Waals surface area contributed by atoms with Crippen LogP contribution in [0.3, 0.4) is 0 Å². The van der Waals surface area contributed by atoms with E-state index in [1.165, 1.54) is 11.8 Å². The van der Waals surface area contributed by atoms with Crippen molar-refractivity contribution in [3.63, 3.8) is 0 Å². The van der Waals surface area contributed by atoms with Crippen LogP contribution >= 0.6 is 23.4 Å². The van der Waals surface area contributed by atoms with Gasteiger partial charge in [0.1, 0.15) is 5.82 Å². The van der Waals surface area contributed by atoms with E-state index in [1.54, 1.807) is 11.9 Å². The average Bonchev–Trinajstić information content (AvgIpc) is 2.23. The SMILES string of the molecule is CN1C(=O)CSc2ccc(CCl)nc21. The van der Waals surface area contributed by atoms with Crippen LogP contribution in [-0.4, -0.2) is 23.7 Å². The van der Waals surface area contributed by atoms with Gasteiger partial charge in [0.2, 0.25) is 5.91 Å². The molecule has 1 aromatic heterocycles. The number of hydrogen-bond acceptors (Lipinski definition) is 3.